The zero-order valence-electron chi connectivity index (χ0n) is 14.9. The summed E-state index contributed by atoms with van der Waals surface area (Å²) in [5.74, 6) is -0.665. The van der Waals surface area contributed by atoms with Crippen molar-refractivity contribution in [3.05, 3.63) is 29.8 Å². The molecule has 2 fully saturated rings. The molecule has 0 saturated carbocycles. The molecular formula is C18H24ClF2N3O3. The summed E-state index contributed by atoms with van der Waals surface area (Å²) in [5.41, 5.74) is 0.0602. The van der Waals surface area contributed by atoms with Crippen LogP contribution in [-0.2, 0) is 4.79 Å². The maximum Gasteiger partial charge on any atom is 0.387 e. The van der Waals surface area contributed by atoms with Crippen molar-refractivity contribution in [3.63, 3.8) is 0 Å². The van der Waals surface area contributed by atoms with Crippen LogP contribution < -0.4 is 10.1 Å². The molecule has 2 aliphatic rings. The van der Waals surface area contributed by atoms with Crippen LogP contribution in [0.2, 0.25) is 0 Å². The average molecular weight is 404 g/mol. The van der Waals surface area contributed by atoms with E-state index < -0.39 is 18.6 Å². The number of nitrogens with zero attached hydrogens (tertiary/aromatic N) is 2. The van der Waals surface area contributed by atoms with Crippen LogP contribution in [0.3, 0.4) is 0 Å². The number of para-hydroxylation sites is 1. The molecule has 0 bridgehead atoms. The van der Waals surface area contributed by atoms with Gasteiger partial charge in [0, 0.05) is 26.2 Å². The van der Waals surface area contributed by atoms with Crippen LogP contribution in [-0.4, -0.2) is 67.0 Å². The van der Waals surface area contributed by atoms with Crippen molar-refractivity contribution < 1.29 is 23.1 Å². The molecule has 3 rings (SSSR count). The summed E-state index contributed by atoms with van der Waals surface area (Å²) in [5, 5.41) is 3.25. The van der Waals surface area contributed by atoms with Gasteiger partial charge in [-0.25, -0.2) is 0 Å². The quantitative estimate of drug-likeness (QED) is 0.836. The number of benzene rings is 1. The molecule has 1 aromatic carbocycles. The molecule has 1 atom stereocenters. The van der Waals surface area contributed by atoms with Gasteiger partial charge in [0.05, 0.1) is 5.56 Å². The van der Waals surface area contributed by atoms with E-state index in [-0.39, 0.29) is 29.6 Å². The van der Waals surface area contributed by atoms with Crippen molar-refractivity contribution >= 4 is 24.2 Å². The van der Waals surface area contributed by atoms with Gasteiger partial charge in [0.1, 0.15) is 11.8 Å². The van der Waals surface area contributed by atoms with Crippen molar-refractivity contribution in [2.75, 3.05) is 32.7 Å². The Kier molecular flexibility index (Phi) is 7.79. The Morgan fingerprint density at radius 1 is 1.11 bits per heavy atom. The van der Waals surface area contributed by atoms with Crippen molar-refractivity contribution in [1.82, 2.24) is 15.1 Å². The van der Waals surface area contributed by atoms with Crippen LogP contribution in [0.25, 0.3) is 0 Å². The highest BCUT2D eigenvalue weighted by Gasteiger charge is 2.37. The molecule has 9 heteroatoms. The molecule has 6 nitrogen and oxygen atoms in total. The molecule has 2 saturated heterocycles. The Hall–Kier alpha value is -1.93. The first-order valence-electron chi connectivity index (χ1n) is 8.92. The Bertz CT molecular complexity index is 654. The number of hydrogen-bond donors (Lipinski definition) is 1. The topological polar surface area (TPSA) is 61.9 Å². The summed E-state index contributed by atoms with van der Waals surface area (Å²) in [6, 6.07) is 5.38. The summed E-state index contributed by atoms with van der Waals surface area (Å²) in [7, 11) is 0. The number of alkyl halides is 2. The van der Waals surface area contributed by atoms with E-state index >= 15 is 0 Å². The molecule has 0 radical (unpaired) electrons. The maximum absolute atomic E-state index is 12.9. The summed E-state index contributed by atoms with van der Waals surface area (Å²) in [6.07, 6.45) is 2.18. The lowest BCUT2D eigenvalue weighted by molar-refractivity contribution is -0.135. The number of halogens is 3. The number of likely N-dealkylation sites (tertiary alicyclic amines) is 1. The fourth-order valence-electron chi connectivity index (χ4n) is 3.54. The highest BCUT2D eigenvalue weighted by Crippen LogP contribution is 2.27. The molecule has 1 aromatic rings. The summed E-state index contributed by atoms with van der Waals surface area (Å²) >= 11 is 0. The third-order valence-electron chi connectivity index (χ3n) is 4.78. The van der Waals surface area contributed by atoms with Crippen molar-refractivity contribution in [2.45, 2.75) is 31.9 Å². The smallest absolute Gasteiger partial charge is 0.387 e. The Morgan fingerprint density at radius 2 is 1.89 bits per heavy atom. The summed E-state index contributed by atoms with van der Waals surface area (Å²) in [4.78, 5) is 29.1. The van der Waals surface area contributed by atoms with E-state index in [4.69, 9.17) is 0 Å². The highest BCUT2D eigenvalue weighted by atomic mass is 35.5. The fraction of sp³-hybridized carbons (Fsp3) is 0.556. The van der Waals surface area contributed by atoms with Crippen LogP contribution in [0.4, 0.5) is 8.78 Å². The lowest BCUT2D eigenvalue weighted by atomic mass is 10.1. The Balaban J connectivity index is 0.00000261. The number of hydrogen-bond acceptors (Lipinski definition) is 4. The molecule has 150 valence electrons. The number of carbonyl (C=O) groups excluding carboxylic acids is 2. The molecule has 1 unspecified atom stereocenters. The molecule has 0 aliphatic carbocycles. The Morgan fingerprint density at radius 3 is 2.67 bits per heavy atom. The second-order valence-electron chi connectivity index (χ2n) is 6.46. The van der Waals surface area contributed by atoms with Gasteiger partial charge in [-0.3, -0.25) is 9.59 Å². The van der Waals surface area contributed by atoms with Crippen LogP contribution in [0.5, 0.6) is 5.75 Å². The lowest BCUT2D eigenvalue weighted by Crippen LogP contribution is -2.48. The van der Waals surface area contributed by atoms with Crippen molar-refractivity contribution in [1.29, 1.82) is 0 Å². The van der Waals surface area contributed by atoms with Gasteiger partial charge in [0.25, 0.3) is 5.91 Å². The van der Waals surface area contributed by atoms with Gasteiger partial charge in [-0.05, 0) is 37.9 Å². The van der Waals surface area contributed by atoms with Gasteiger partial charge in [-0.1, -0.05) is 12.1 Å². The van der Waals surface area contributed by atoms with E-state index in [1.165, 1.54) is 23.1 Å². The zero-order valence-corrected chi connectivity index (χ0v) is 15.7. The first-order chi connectivity index (χ1) is 12.6. The molecule has 1 N–H and O–H groups in total. The molecule has 2 amide bonds. The Labute approximate surface area is 163 Å². The minimum atomic E-state index is -3.01. The van der Waals surface area contributed by atoms with E-state index in [1.807, 2.05) is 0 Å². The minimum absolute atomic E-state index is 0. The second kappa shape index (κ2) is 9.85. The third kappa shape index (κ3) is 5.07. The molecule has 2 heterocycles. The average Bonchev–Trinajstić information content (AvgIpc) is 2.95. The SMILES string of the molecule is Cl.O=C(C1CCCN1C(=O)c1ccccc1OC(F)F)N1CCCNCC1. The van der Waals surface area contributed by atoms with Gasteiger partial charge in [-0.15, -0.1) is 12.4 Å². The van der Waals surface area contributed by atoms with Crippen LogP contribution in [0.15, 0.2) is 24.3 Å². The summed E-state index contributed by atoms with van der Waals surface area (Å²) < 4.78 is 29.7. The number of rotatable bonds is 4. The first kappa shape index (κ1) is 21.4. The van der Waals surface area contributed by atoms with E-state index in [0.717, 1.165) is 19.5 Å². The predicted molar refractivity (Wildman–Crippen MR) is 98.4 cm³/mol. The van der Waals surface area contributed by atoms with Gasteiger partial charge < -0.3 is 19.9 Å². The van der Waals surface area contributed by atoms with Gasteiger partial charge >= 0.3 is 6.61 Å². The molecule has 2 aliphatic heterocycles. The number of amides is 2. The molecular weight excluding hydrogens is 380 g/mol. The number of carbonyl (C=O) groups is 2. The van der Waals surface area contributed by atoms with E-state index in [2.05, 4.69) is 10.1 Å². The van der Waals surface area contributed by atoms with Gasteiger partial charge in [0.15, 0.2) is 0 Å². The zero-order chi connectivity index (χ0) is 18.5. The lowest BCUT2D eigenvalue weighted by Gasteiger charge is -2.29. The fourth-order valence-corrected chi connectivity index (χ4v) is 3.54. The third-order valence-corrected chi connectivity index (χ3v) is 4.78. The monoisotopic (exact) mass is 403 g/mol. The maximum atomic E-state index is 12.9. The van der Waals surface area contributed by atoms with Gasteiger partial charge in [-0.2, -0.15) is 8.78 Å². The number of nitrogens with one attached hydrogen (secondary N) is 1. The van der Waals surface area contributed by atoms with Gasteiger partial charge in [0.2, 0.25) is 5.91 Å². The number of ether oxygens (including phenoxy) is 1. The van der Waals surface area contributed by atoms with E-state index in [1.54, 1.807) is 11.0 Å². The normalized spacial score (nSPS) is 20.2. The summed E-state index contributed by atoms with van der Waals surface area (Å²) in [6.45, 7) is 0.305. The molecule has 0 spiro atoms. The molecule has 0 aromatic heterocycles. The highest BCUT2D eigenvalue weighted by molar-refractivity contribution is 6.00. The minimum Gasteiger partial charge on any atom is -0.434 e. The predicted octanol–water partition coefficient (Wildman–Crippen LogP) is 2.14. The second-order valence-corrected chi connectivity index (χ2v) is 6.46. The largest absolute Gasteiger partial charge is 0.434 e. The first-order valence-corrected chi connectivity index (χ1v) is 8.92. The van der Waals surface area contributed by atoms with Crippen molar-refractivity contribution in [3.8, 4) is 5.75 Å². The van der Waals surface area contributed by atoms with Crippen LogP contribution in [0, 0.1) is 0 Å². The standard InChI is InChI=1S/C18H23F2N3O3.ClH/c19-18(20)26-15-7-2-1-5-13(15)16(24)23-11-3-6-14(23)17(25)22-10-4-8-21-9-12-22;/h1-2,5,7,14,18,21H,3-4,6,8-12H2;1H. The van der Waals surface area contributed by atoms with Crippen molar-refractivity contribution in [2.24, 2.45) is 0 Å². The van der Waals surface area contributed by atoms with Crippen LogP contribution >= 0.6 is 12.4 Å². The van der Waals surface area contributed by atoms with Crippen LogP contribution in [0.1, 0.15) is 29.6 Å². The molecule has 27 heavy (non-hydrogen) atoms. The van der Waals surface area contributed by atoms with E-state index in [9.17, 15) is 18.4 Å². The van der Waals surface area contributed by atoms with E-state index in [0.29, 0.717) is 32.5 Å².